The molecular formula is C26H31F5N5O3P. The van der Waals surface area contributed by atoms with Gasteiger partial charge in [-0.3, -0.25) is 5.32 Å². The summed E-state index contributed by atoms with van der Waals surface area (Å²) in [5.41, 5.74) is -2.40. The summed E-state index contributed by atoms with van der Waals surface area (Å²) in [6, 6.07) is 5.91. The zero-order valence-electron chi connectivity index (χ0n) is 22.9. The second-order valence-corrected chi connectivity index (χ2v) is 10.7. The first-order valence-electron chi connectivity index (χ1n) is 12.3. The molecule has 0 saturated carbocycles. The zero-order valence-corrected chi connectivity index (χ0v) is 24.0. The summed E-state index contributed by atoms with van der Waals surface area (Å²) in [5, 5.41) is 7.37. The Hall–Kier alpha value is -3.34. The van der Waals surface area contributed by atoms with Crippen LogP contribution in [0.15, 0.2) is 36.7 Å². The smallest absolute Gasteiger partial charge is 0.427 e. The Morgan fingerprint density at radius 1 is 0.975 bits per heavy atom. The van der Waals surface area contributed by atoms with E-state index in [-0.39, 0.29) is 29.4 Å². The predicted molar refractivity (Wildman–Crippen MR) is 143 cm³/mol. The third-order valence-corrected chi connectivity index (χ3v) is 6.61. The van der Waals surface area contributed by atoms with Crippen LogP contribution >= 0.6 is 9.24 Å². The van der Waals surface area contributed by atoms with Gasteiger partial charge < -0.3 is 9.47 Å². The van der Waals surface area contributed by atoms with Gasteiger partial charge in [-0.1, -0.05) is 13.8 Å². The maximum absolute atomic E-state index is 13.7. The van der Waals surface area contributed by atoms with Crippen LogP contribution in [0, 0.1) is 0 Å². The van der Waals surface area contributed by atoms with E-state index in [2.05, 4.69) is 29.6 Å². The molecule has 2 aromatic heterocycles. The Bertz CT molecular complexity index is 1360. The standard InChI is InChI=1S/C26H31F5N5O3P/c1-7-23(3,4)39-22(37)34-20-12-19(36(35-20)16-13-32-21(33-14-16)25(6,27)28)15-9-17(11-18(40)10-15)38-24(5,8-2)26(29,30)31/h9-14H,7-8,40H2,1-6H3,(H,34,35,37). The quantitative estimate of drug-likeness (QED) is 0.219. The number of nitrogens with zero attached hydrogens (tertiary/aromatic N) is 4. The molecule has 40 heavy (non-hydrogen) atoms. The molecule has 0 fully saturated rings. The van der Waals surface area contributed by atoms with Gasteiger partial charge >= 0.3 is 18.2 Å². The molecular weight excluding hydrogens is 556 g/mol. The molecule has 1 amide bonds. The van der Waals surface area contributed by atoms with E-state index >= 15 is 0 Å². The van der Waals surface area contributed by atoms with Crippen molar-refractivity contribution in [3.8, 4) is 22.7 Å². The van der Waals surface area contributed by atoms with Crippen molar-refractivity contribution in [3.63, 3.8) is 0 Å². The second kappa shape index (κ2) is 11.3. The Morgan fingerprint density at radius 2 is 1.60 bits per heavy atom. The van der Waals surface area contributed by atoms with Crippen LogP contribution in [0.3, 0.4) is 0 Å². The lowest BCUT2D eigenvalue weighted by atomic mass is 10.0. The van der Waals surface area contributed by atoms with Gasteiger partial charge in [-0.15, -0.1) is 14.3 Å². The fourth-order valence-electron chi connectivity index (χ4n) is 3.37. The van der Waals surface area contributed by atoms with E-state index in [4.69, 9.17) is 9.47 Å². The fourth-order valence-corrected chi connectivity index (χ4v) is 3.72. The largest absolute Gasteiger partial charge is 0.478 e. The average molecular weight is 588 g/mol. The summed E-state index contributed by atoms with van der Waals surface area (Å²) in [6.45, 7) is 8.30. The van der Waals surface area contributed by atoms with Crippen molar-refractivity contribution in [2.75, 3.05) is 5.32 Å². The number of amides is 1. The van der Waals surface area contributed by atoms with Crippen LogP contribution in [0.2, 0.25) is 0 Å². The van der Waals surface area contributed by atoms with Crippen molar-refractivity contribution >= 4 is 26.5 Å². The van der Waals surface area contributed by atoms with Crippen LogP contribution in [-0.4, -0.2) is 43.2 Å². The van der Waals surface area contributed by atoms with Crippen molar-refractivity contribution in [2.24, 2.45) is 0 Å². The Kier molecular flexibility index (Phi) is 8.79. The van der Waals surface area contributed by atoms with E-state index in [1.165, 1.54) is 29.8 Å². The molecule has 0 spiro atoms. The predicted octanol–water partition coefficient (Wildman–Crippen LogP) is 6.79. The van der Waals surface area contributed by atoms with E-state index in [9.17, 15) is 26.7 Å². The molecule has 3 rings (SSSR count). The third-order valence-electron chi connectivity index (χ3n) is 6.28. The minimum atomic E-state index is -4.63. The molecule has 1 aromatic carbocycles. The summed E-state index contributed by atoms with van der Waals surface area (Å²) in [4.78, 5) is 20.0. The van der Waals surface area contributed by atoms with Crippen LogP contribution in [0.5, 0.6) is 5.75 Å². The molecule has 8 nitrogen and oxygen atoms in total. The van der Waals surface area contributed by atoms with Crippen molar-refractivity contribution < 1.29 is 36.2 Å². The summed E-state index contributed by atoms with van der Waals surface area (Å²) in [6.07, 6.45) is -2.96. The second-order valence-electron chi connectivity index (χ2n) is 10.1. The highest BCUT2D eigenvalue weighted by atomic mass is 31.0. The highest BCUT2D eigenvalue weighted by Crippen LogP contribution is 2.38. The third kappa shape index (κ3) is 7.24. The van der Waals surface area contributed by atoms with Crippen molar-refractivity contribution in [2.45, 2.75) is 77.7 Å². The molecule has 1 N–H and O–H groups in total. The van der Waals surface area contributed by atoms with Gasteiger partial charge in [0.25, 0.3) is 0 Å². The number of carbonyl (C=O) groups is 1. The number of hydrogen-bond acceptors (Lipinski definition) is 6. The zero-order chi connectivity index (χ0) is 30.1. The number of nitrogens with one attached hydrogen (secondary N) is 1. The Balaban J connectivity index is 2.10. The summed E-state index contributed by atoms with van der Waals surface area (Å²) < 4.78 is 80.6. The van der Waals surface area contributed by atoms with E-state index in [0.717, 1.165) is 19.3 Å². The van der Waals surface area contributed by atoms with Crippen molar-refractivity contribution in [1.29, 1.82) is 0 Å². The molecule has 0 radical (unpaired) electrons. The minimum Gasteiger partial charge on any atom is -0.478 e. The maximum Gasteiger partial charge on any atom is 0.427 e. The highest BCUT2D eigenvalue weighted by molar-refractivity contribution is 7.27. The number of anilines is 1. The van der Waals surface area contributed by atoms with Crippen LogP contribution in [0.4, 0.5) is 32.6 Å². The van der Waals surface area contributed by atoms with Crippen LogP contribution in [0.25, 0.3) is 16.9 Å². The van der Waals surface area contributed by atoms with E-state index < -0.39 is 35.2 Å². The van der Waals surface area contributed by atoms with E-state index in [1.807, 2.05) is 6.92 Å². The van der Waals surface area contributed by atoms with Crippen LogP contribution in [0.1, 0.15) is 60.2 Å². The summed E-state index contributed by atoms with van der Waals surface area (Å²) >= 11 is 0. The van der Waals surface area contributed by atoms with Crippen LogP contribution in [-0.2, 0) is 10.7 Å². The van der Waals surface area contributed by atoms with Crippen LogP contribution < -0.4 is 15.4 Å². The van der Waals surface area contributed by atoms with Gasteiger partial charge in [0, 0.05) is 18.6 Å². The topological polar surface area (TPSA) is 91.2 Å². The highest BCUT2D eigenvalue weighted by Gasteiger charge is 2.52. The first-order valence-corrected chi connectivity index (χ1v) is 12.9. The molecule has 0 bridgehead atoms. The average Bonchev–Trinajstić information content (AvgIpc) is 3.25. The molecule has 0 aliphatic heterocycles. The number of benzene rings is 1. The van der Waals surface area contributed by atoms with Gasteiger partial charge in [-0.2, -0.15) is 22.0 Å². The first kappa shape index (κ1) is 31.2. The molecule has 0 saturated heterocycles. The lowest BCUT2D eigenvalue weighted by molar-refractivity contribution is -0.242. The number of aromatic nitrogens is 4. The normalized spacial score (nSPS) is 14.0. The van der Waals surface area contributed by atoms with Gasteiger partial charge in [0.1, 0.15) is 17.0 Å². The van der Waals surface area contributed by atoms with Crippen molar-refractivity contribution in [3.05, 3.63) is 42.5 Å². The van der Waals surface area contributed by atoms with Gasteiger partial charge in [-0.05, 0) is 57.1 Å². The summed E-state index contributed by atoms with van der Waals surface area (Å²) in [7, 11) is 2.40. The molecule has 218 valence electrons. The lowest BCUT2D eigenvalue weighted by Gasteiger charge is -2.32. The number of carbonyl (C=O) groups excluding carboxylic acids is 1. The molecule has 2 atom stereocenters. The molecule has 0 aliphatic rings. The molecule has 0 aliphatic carbocycles. The molecule has 3 aromatic rings. The Morgan fingerprint density at radius 3 is 2.12 bits per heavy atom. The maximum atomic E-state index is 13.7. The number of hydrogen-bond donors (Lipinski definition) is 1. The Labute approximate surface area is 230 Å². The monoisotopic (exact) mass is 587 g/mol. The number of alkyl halides is 5. The lowest BCUT2D eigenvalue weighted by Crippen LogP contribution is -2.47. The summed E-state index contributed by atoms with van der Waals surface area (Å²) in [5.74, 6) is -4.02. The number of ether oxygens (including phenoxy) is 2. The first-order chi connectivity index (χ1) is 18.4. The SMILES string of the molecule is CCC(C)(C)OC(=O)Nc1cc(-c2cc(P)cc(OC(C)(CC)C(F)(F)F)c2)n(-c2cnc(C(C)(F)F)nc2)n1. The molecule has 14 heteroatoms. The van der Waals surface area contributed by atoms with Gasteiger partial charge in [0.05, 0.1) is 18.1 Å². The van der Waals surface area contributed by atoms with Gasteiger partial charge in [-0.25, -0.2) is 19.4 Å². The fraction of sp³-hybridized carbons (Fsp3) is 0.462. The number of halogens is 5. The van der Waals surface area contributed by atoms with E-state index in [1.54, 1.807) is 19.9 Å². The van der Waals surface area contributed by atoms with Gasteiger partial charge in [0.15, 0.2) is 11.6 Å². The van der Waals surface area contributed by atoms with E-state index in [0.29, 0.717) is 24.2 Å². The molecule has 2 heterocycles. The molecule has 2 unspecified atom stereocenters. The van der Waals surface area contributed by atoms with Gasteiger partial charge in [0.2, 0.25) is 5.60 Å². The number of rotatable bonds is 9. The van der Waals surface area contributed by atoms with Crippen molar-refractivity contribution in [1.82, 2.24) is 19.7 Å². The minimum absolute atomic E-state index is 0.0297.